The van der Waals surface area contributed by atoms with E-state index in [1.807, 2.05) is 7.11 Å². The second kappa shape index (κ2) is 2.91. The number of hydrogen-bond donors (Lipinski definition) is 0. The fourth-order valence-corrected chi connectivity index (χ4v) is 1.78. The van der Waals surface area contributed by atoms with Crippen LogP contribution in [-0.2, 0) is 4.74 Å². The molecule has 0 N–H and O–H groups in total. The summed E-state index contributed by atoms with van der Waals surface area (Å²) in [5.74, 6) is 0.742. The summed E-state index contributed by atoms with van der Waals surface area (Å²) in [4.78, 5) is 0. The van der Waals surface area contributed by atoms with Gasteiger partial charge in [0.25, 0.3) is 0 Å². The lowest BCUT2D eigenvalue weighted by atomic mass is 9.78. The summed E-state index contributed by atoms with van der Waals surface area (Å²) in [5.41, 5.74) is 0.179. The molecular formula is C9H18O. The normalized spacial score (nSPS) is 41.7. The molecule has 0 radical (unpaired) electrons. The summed E-state index contributed by atoms with van der Waals surface area (Å²) in [6, 6.07) is 0. The van der Waals surface area contributed by atoms with Gasteiger partial charge in [-0.3, -0.25) is 0 Å². The molecule has 0 aromatic carbocycles. The van der Waals surface area contributed by atoms with Gasteiger partial charge in [-0.1, -0.05) is 19.8 Å². The van der Waals surface area contributed by atoms with E-state index in [1.54, 1.807) is 0 Å². The minimum Gasteiger partial charge on any atom is -0.378 e. The molecule has 0 saturated heterocycles. The Kier molecular flexibility index (Phi) is 2.35. The predicted octanol–water partition coefficient (Wildman–Crippen LogP) is 2.60. The monoisotopic (exact) mass is 142 g/mol. The molecule has 1 nitrogen and oxygen atoms in total. The third-order valence-electron chi connectivity index (χ3n) is 3.07. The highest BCUT2D eigenvalue weighted by atomic mass is 16.5. The van der Waals surface area contributed by atoms with Gasteiger partial charge in [-0.05, 0) is 25.7 Å². The molecule has 0 aromatic rings. The molecule has 1 saturated carbocycles. The van der Waals surface area contributed by atoms with E-state index in [0.29, 0.717) is 0 Å². The van der Waals surface area contributed by atoms with Gasteiger partial charge >= 0.3 is 0 Å². The van der Waals surface area contributed by atoms with Crippen molar-refractivity contribution in [2.24, 2.45) is 5.92 Å². The Bertz CT molecular complexity index is 111. The van der Waals surface area contributed by atoms with E-state index in [4.69, 9.17) is 4.74 Å². The van der Waals surface area contributed by atoms with E-state index >= 15 is 0 Å². The molecule has 0 unspecified atom stereocenters. The smallest absolute Gasteiger partial charge is 0.0676 e. The van der Waals surface area contributed by atoms with Crippen LogP contribution in [0.4, 0.5) is 0 Å². The molecule has 2 atom stereocenters. The molecule has 1 aliphatic carbocycles. The SMILES string of the molecule is CO[C@]1(C)CCCC[C@@H]1C. The molecule has 0 heterocycles. The van der Waals surface area contributed by atoms with Crippen molar-refractivity contribution in [1.82, 2.24) is 0 Å². The third-order valence-corrected chi connectivity index (χ3v) is 3.07. The van der Waals surface area contributed by atoms with Crippen molar-refractivity contribution in [2.75, 3.05) is 7.11 Å². The van der Waals surface area contributed by atoms with E-state index in [1.165, 1.54) is 25.7 Å². The van der Waals surface area contributed by atoms with Gasteiger partial charge in [0, 0.05) is 7.11 Å². The number of hydrogen-bond acceptors (Lipinski definition) is 1. The van der Waals surface area contributed by atoms with Crippen LogP contribution in [0.25, 0.3) is 0 Å². The van der Waals surface area contributed by atoms with Crippen molar-refractivity contribution in [3.8, 4) is 0 Å². The third kappa shape index (κ3) is 1.34. The van der Waals surface area contributed by atoms with Crippen LogP contribution < -0.4 is 0 Å². The molecule has 0 amide bonds. The summed E-state index contributed by atoms with van der Waals surface area (Å²) in [5, 5.41) is 0. The average molecular weight is 142 g/mol. The van der Waals surface area contributed by atoms with Crippen LogP contribution in [0.1, 0.15) is 39.5 Å². The largest absolute Gasteiger partial charge is 0.378 e. The van der Waals surface area contributed by atoms with Gasteiger partial charge in [0.15, 0.2) is 0 Å². The van der Waals surface area contributed by atoms with Crippen LogP contribution in [-0.4, -0.2) is 12.7 Å². The molecule has 0 bridgehead atoms. The highest BCUT2D eigenvalue weighted by molar-refractivity contribution is 4.84. The Morgan fingerprint density at radius 1 is 1.40 bits per heavy atom. The lowest BCUT2D eigenvalue weighted by molar-refractivity contribution is -0.0619. The Morgan fingerprint density at radius 3 is 2.50 bits per heavy atom. The molecule has 1 rings (SSSR count). The minimum atomic E-state index is 0.179. The zero-order valence-corrected chi connectivity index (χ0v) is 7.31. The minimum absolute atomic E-state index is 0.179. The van der Waals surface area contributed by atoms with Crippen LogP contribution in [0.5, 0.6) is 0 Å². The van der Waals surface area contributed by atoms with Crippen LogP contribution >= 0.6 is 0 Å². The fraction of sp³-hybridized carbons (Fsp3) is 1.00. The summed E-state index contributed by atoms with van der Waals surface area (Å²) in [6.07, 6.45) is 5.31. The second-order valence-corrected chi connectivity index (χ2v) is 3.66. The summed E-state index contributed by atoms with van der Waals surface area (Å²) >= 11 is 0. The summed E-state index contributed by atoms with van der Waals surface area (Å²) in [7, 11) is 1.84. The van der Waals surface area contributed by atoms with Gasteiger partial charge in [-0.15, -0.1) is 0 Å². The maximum atomic E-state index is 5.49. The quantitative estimate of drug-likeness (QED) is 0.547. The first-order chi connectivity index (χ1) is 4.69. The molecule has 1 heteroatoms. The Labute approximate surface area is 63.8 Å². The topological polar surface area (TPSA) is 9.23 Å². The van der Waals surface area contributed by atoms with E-state index in [0.717, 1.165) is 5.92 Å². The maximum Gasteiger partial charge on any atom is 0.0676 e. The van der Waals surface area contributed by atoms with Crippen LogP contribution in [0.2, 0.25) is 0 Å². The molecule has 0 spiro atoms. The predicted molar refractivity (Wildman–Crippen MR) is 43.0 cm³/mol. The van der Waals surface area contributed by atoms with E-state index < -0.39 is 0 Å². The number of methoxy groups -OCH3 is 1. The van der Waals surface area contributed by atoms with Crippen LogP contribution in [0.3, 0.4) is 0 Å². The molecule has 1 fully saturated rings. The number of ether oxygens (including phenoxy) is 1. The Balaban J connectivity index is 2.54. The molecular weight excluding hydrogens is 124 g/mol. The van der Waals surface area contributed by atoms with Crippen LogP contribution in [0.15, 0.2) is 0 Å². The zero-order valence-electron chi connectivity index (χ0n) is 7.31. The van der Waals surface area contributed by atoms with Crippen LogP contribution in [0, 0.1) is 5.92 Å². The number of rotatable bonds is 1. The maximum absolute atomic E-state index is 5.49. The first-order valence-corrected chi connectivity index (χ1v) is 4.24. The fourth-order valence-electron chi connectivity index (χ4n) is 1.78. The van der Waals surface area contributed by atoms with Gasteiger partial charge < -0.3 is 4.74 Å². The molecule has 10 heavy (non-hydrogen) atoms. The van der Waals surface area contributed by atoms with Gasteiger partial charge in [0.1, 0.15) is 0 Å². The lowest BCUT2D eigenvalue weighted by Crippen LogP contribution is -2.37. The molecule has 0 aromatic heterocycles. The van der Waals surface area contributed by atoms with Gasteiger partial charge in [0.05, 0.1) is 5.60 Å². The Morgan fingerprint density at radius 2 is 2.10 bits per heavy atom. The summed E-state index contributed by atoms with van der Waals surface area (Å²) in [6.45, 7) is 4.53. The lowest BCUT2D eigenvalue weighted by Gasteiger charge is -2.38. The first-order valence-electron chi connectivity index (χ1n) is 4.24. The Hall–Kier alpha value is -0.0400. The highest BCUT2D eigenvalue weighted by Gasteiger charge is 2.32. The molecule has 60 valence electrons. The van der Waals surface area contributed by atoms with Gasteiger partial charge in [-0.25, -0.2) is 0 Å². The van der Waals surface area contributed by atoms with Crippen molar-refractivity contribution in [1.29, 1.82) is 0 Å². The highest BCUT2D eigenvalue weighted by Crippen LogP contribution is 2.35. The average Bonchev–Trinajstić information content (AvgIpc) is 1.96. The van der Waals surface area contributed by atoms with Crippen molar-refractivity contribution in [3.05, 3.63) is 0 Å². The first kappa shape index (κ1) is 8.06. The van der Waals surface area contributed by atoms with Gasteiger partial charge in [-0.2, -0.15) is 0 Å². The molecule has 0 aliphatic heterocycles. The standard InChI is InChI=1S/C9H18O/c1-8-6-4-5-7-9(8,2)10-3/h8H,4-7H2,1-3H3/t8-,9+/m0/s1. The summed E-state index contributed by atoms with van der Waals surface area (Å²) < 4.78 is 5.49. The van der Waals surface area contributed by atoms with E-state index in [9.17, 15) is 0 Å². The molecule has 1 aliphatic rings. The van der Waals surface area contributed by atoms with Crippen molar-refractivity contribution in [3.63, 3.8) is 0 Å². The van der Waals surface area contributed by atoms with Crippen molar-refractivity contribution < 1.29 is 4.74 Å². The van der Waals surface area contributed by atoms with Crippen molar-refractivity contribution >= 4 is 0 Å². The van der Waals surface area contributed by atoms with E-state index in [2.05, 4.69) is 13.8 Å². The van der Waals surface area contributed by atoms with Crippen molar-refractivity contribution in [2.45, 2.75) is 45.1 Å². The van der Waals surface area contributed by atoms with E-state index in [-0.39, 0.29) is 5.60 Å². The zero-order chi connectivity index (χ0) is 7.61. The van der Waals surface area contributed by atoms with Gasteiger partial charge in [0.2, 0.25) is 0 Å². The second-order valence-electron chi connectivity index (χ2n) is 3.66.